The van der Waals surface area contributed by atoms with E-state index in [1.807, 2.05) is 0 Å². The maximum atomic E-state index is 12.9. The molecule has 1 aromatic carbocycles. The Kier molecular flexibility index (Phi) is 3.82. The molecule has 8 nitrogen and oxygen atoms in total. The summed E-state index contributed by atoms with van der Waals surface area (Å²) in [6, 6.07) is 7.29. The van der Waals surface area contributed by atoms with Gasteiger partial charge in [-0.15, -0.1) is 0 Å². The second-order valence-corrected chi connectivity index (χ2v) is 5.00. The summed E-state index contributed by atoms with van der Waals surface area (Å²) in [5.74, 6) is -2.10. The number of hydrogen-bond acceptors (Lipinski definition) is 4. The SMILES string of the molecule is Cn1cc(C(=O)O)c(C(=O)Nc2cc(-c3ccc(F)cc3)[nH]n2)n1. The number of carbonyl (C=O) groups is 2. The maximum Gasteiger partial charge on any atom is 0.339 e. The van der Waals surface area contributed by atoms with Gasteiger partial charge >= 0.3 is 5.97 Å². The van der Waals surface area contributed by atoms with Crippen molar-refractivity contribution in [2.75, 3.05) is 5.32 Å². The molecule has 0 aliphatic heterocycles. The van der Waals surface area contributed by atoms with Gasteiger partial charge in [0.15, 0.2) is 11.5 Å². The van der Waals surface area contributed by atoms with Crippen LogP contribution < -0.4 is 5.32 Å². The number of rotatable bonds is 4. The van der Waals surface area contributed by atoms with Crippen molar-refractivity contribution in [3.05, 3.63) is 53.6 Å². The summed E-state index contributed by atoms with van der Waals surface area (Å²) in [4.78, 5) is 23.3. The number of nitrogens with one attached hydrogen (secondary N) is 2. The number of hydrogen-bond donors (Lipinski definition) is 3. The molecule has 0 spiro atoms. The molecule has 24 heavy (non-hydrogen) atoms. The van der Waals surface area contributed by atoms with E-state index >= 15 is 0 Å². The average Bonchev–Trinajstić information content (AvgIpc) is 3.15. The molecule has 122 valence electrons. The highest BCUT2D eigenvalue weighted by atomic mass is 19.1. The molecule has 2 aromatic heterocycles. The van der Waals surface area contributed by atoms with Crippen LogP contribution in [0.1, 0.15) is 20.8 Å². The van der Waals surface area contributed by atoms with E-state index in [1.165, 1.54) is 30.1 Å². The third-order valence-electron chi connectivity index (χ3n) is 3.25. The summed E-state index contributed by atoms with van der Waals surface area (Å²) in [7, 11) is 1.52. The highest BCUT2D eigenvalue weighted by Gasteiger charge is 2.21. The van der Waals surface area contributed by atoms with Crippen LogP contribution in [0.4, 0.5) is 10.2 Å². The number of anilines is 1. The van der Waals surface area contributed by atoms with Gasteiger partial charge < -0.3 is 10.4 Å². The van der Waals surface area contributed by atoms with Crippen molar-refractivity contribution < 1.29 is 19.1 Å². The Morgan fingerprint density at radius 3 is 2.67 bits per heavy atom. The number of benzene rings is 1. The quantitative estimate of drug-likeness (QED) is 0.676. The third-order valence-corrected chi connectivity index (χ3v) is 3.25. The second kappa shape index (κ2) is 5.95. The van der Waals surface area contributed by atoms with E-state index < -0.39 is 11.9 Å². The number of halogens is 1. The number of carboxylic acid groups (broad SMARTS) is 1. The van der Waals surface area contributed by atoms with Gasteiger partial charge in [0.05, 0.1) is 5.69 Å². The van der Waals surface area contributed by atoms with Crippen molar-refractivity contribution >= 4 is 17.7 Å². The van der Waals surface area contributed by atoms with E-state index in [4.69, 9.17) is 5.11 Å². The number of aromatic carboxylic acids is 1. The molecule has 3 rings (SSSR count). The van der Waals surface area contributed by atoms with Crippen LogP contribution in [0.2, 0.25) is 0 Å². The molecule has 0 aliphatic rings. The lowest BCUT2D eigenvalue weighted by atomic mass is 10.1. The van der Waals surface area contributed by atoms with E-state index in [-0.39, 0.29) is 22.9 Å². The molecule has 0 bridgehead atoms. The summed E-state index contributed by atoms with van der Waals surface area (Å²) in [5, 5.41) is 22.0. The number of nitrogens with zero attached hydrogens (tertiary/aromatic N) is 3. The Balaban J connectivity index is 1.81. The first-order valence-corrected chi connectivity index (χ1v) is 6.83. The van der Waals surface area contributed by atoms with Crippen LogP contribution in [-0.4, -0.2) is 37.0 Å². The highest BCUT2D eigenvalue weighted by Crippen LogP contribution is 2.20. The molecule has 0 aliphatic carbocycles. The van der Waals surface area contributed by atoms with E-state index in [1.54, 1.807) is 18.2 Å². The molecular weight excluding hydrogens is 317 g/mol. The zero-order chi connectivity index (χ0) is 17.3. The molecule has 0 saturated heterocycles. The van der Waals surface area contributed by atoms with Gasteiger partial charge in [0.1, 0.15) is 11.4 Å². The minimum absolute atomic E-state index is 0.196. The van der Waals surface area contributed by atoms with Crippen molar-refractivity contribution in [2.45, 2.75) is 0 Å². The Morgan fingerprint density at radius 1 is 1.29 bits per heavy atom. The number of amides is 1. The van der Waals surface area contributed by atoms with Crippen LogP contribution in [0.15, 0.2) is 36.5 Å². The first-order chi connectivity index (χ1) is 11.4. The van der Waals surface area contributed by atoms with Crippen molar-refractivity contribution in [1.29, 1.82) is 0 Å². The van der Waals surface area contributed by atoms with E-state index in [2.05, 4.69) is 20.6 Å². The standard InChI is InChI=1S/C15H12FN5O3/c1-21-7-10(15(23)24)13(20-21)14(22)17-12-6-11(18-19-12)8-2-4-9(16)5-3-8/h2-7H,1H3,(H,23,24)(H2,17,18,19,22). The molecule has 2 heterocycles. The normalized spacial score (nSPS) is 10.6. The highest BCUT2D eigenvalue weighted by molar-refractivity contribution is 6.09. The molecule has 3 aromatic rings. The lowest BCUT2D eigenvalue weighted by Gasteiger charge is -1.99. The Bertz CT molecular complexity index is 914. The summed E-state index contributed by atoms with van der Waals surface area (Å²) in [5.41, 5.74) is 0.846. The summed E-state index contributed by atoms with van der Waals surface area (Å²) >= 11 is 0. The first-order valence-electron chi connectivity index (χ1n) is 6.83. The molecule has 0 atom stereocenters. The fraction of sp³-hybridized carbons (Fsp3) is 0.0667. The van der Waals surface area contributed by atoms with Crippen LogP contribution in [0.5, 0.6) is 0 Å². The zero-order valence-corrected chi connectivity index (χ0v) is 12.4. The van der Waals surface area contributed by atoms with Crippen LogP contribution in [-0.2, 0) is 7.05 Å². The summed E-state index contributed by atoms with van der Waals surface area (Å²) < 4.78 is 14.2. The predicted octanol–water partition coefficient (Wildman–Crippen LogP) is 1.90. The largest absolute Gasteiger partial charge is 0.478 e. The molecule has 9 heteroatoms. The summed E-state index contributed by atoms with van der Waals surface area (Å²) in [6.45, 7) is 0. The molecular formula is C15H12FN5O3. The van der Waals surface area contributed by atoms with Crippen molar-refractivity contribution in [1.82, 2.24) is 20.0 Å². The lowest BCUT2D eigenvalue weighted by Crippen LogP contribution is -2.16. The molecule has 0 unspecified atom stereocenters. The molecule has 0 fully saturated rings. The van der Waals surface area contributed by atoms with Crippen LogP contribution in [0, 0.1) is 5.82 Å². The number of H-pyrrole nitrogens is 1. The Hall–Kier alpha value is -3.49. The predicted molar refractivity (Wildman–Crippen MR) is 82.1 cm³/mol. The zero-order valence-electron chi connectivity index (χ0n) is 12.4. The first kappa shape index (κ1) is 15.4. The Morgan fingerprint density at radius 2 is 2.00 bits per heavy atom. The second-order valence-electron chi connectivity index (χ2n) is 5.00. The Labute approximate surface area is 134 Å². The van der Waals surface area contributed by atoms with Crippen LogP contribution in [0.3, 0.4) is 0 Å². The van der Waals surface area contributed by atoms with Crippen molar-refractivity contribution in [3.63, 3.8) is 0 Å². The van der Waals surface area contributed by atoms with Gasteiger partial charge in [-0.1, -0.05) is 0 Å². The van der Waals surface area contributed by atoms with Crippen LogP contribution >= 0.6 is 0 Å². The lowest BCUT2D eigenvalue weighted by molar-refractivity contribution is 0.0692. The fourth-order valence-electron chi connectivity index (χ4n) is 2.15. The van der Waals surface area contributed by atoms with Crippen molar-refractivity contribution in [3.8, 4) is 11.3 Å². The van der Waals surface area contributed by atoms with Gasteiger partial charge in [0, 0.05) is 19.3 Å². The minimum atomic E-state index is -1.25. The molecule has 0 saturated carbocycles. The van der Waals surface area contributed by atoms with Crippen LogP contribution in [0.25, 0.3) is 11.3 Å². The van der Waals surface area contributed by atoms with Gasteiger partial charge in [-0.3, -0.25) is 14.6 Å². The maximum absolute atomic E-state index is 12.9. The number of aryl methyl sites for hydroxylation is 1. The van der Waals surface area contributed by atoms with Crippen molar-refractivity contribution in [2.24, 2.45) is 7.05 Å². The number of aromatic nitrogens is 4. The van der Waals surface area contributed by atoms with Gasteiger partial charge in [0.2, 0.25) is 0 Å². The van der Waals surface area contributed by atoms with Gasteiger partial charge in [0.25, 0.3) is 5.91 Å². The topological polar surface area (TPSA) is 113 Å². The van der Waals surface area contributed by atoms with E-state index in [0.717, 1.165) is 0 Å². The molecule has 3 N–H and O–H groups in total. The monoisotopic (exact) mass is 329 g/mol. The minimum Gasteiger partial charge on any atom is -0.478 e. The molecule has 0 radical (unpaired) electrons. The third kappa shape index (κ3) is 3.00. The number of aromatic amines is 1. The number of carboxylic acids is 1. The summed E-state index contributed by atoms with van der Waals surface area (Å²) in [6.07, 6.45) is 1.24. The fourth-order valence-corrected chi connectivity index (χ4v) is 2.15. The molecule has 1 amide bonds. The van der Waals surface area contributed by atoms with Gasteiger partial charge in [-0.05, 0) is 29.8 Å². The average molecular weight is 329 g/mol. The van der Waals surface area contributed by atoms with E-state index in [0.29, 0.717) is 11.3 Å². The number of carbonyl (C=O) groups excluding carboxylic acids is 1. The van der Waals surface area contributed by atoms with Gasteiger partial charge in [-0.25, -0.2) is 9.18 Å². The van der Waals surface area contributed by atoms with E-state index in [9.17, 15) is 14.0 Å². The van der Waals surface area contributed by atoms with Gasteiger partial charge in [-0.2, -0.15) is 10.2 Å². The smallest absolute Gasteiger partial charge is 0.339 e.